The summed E-state index contributed by atoms with van der Waals surface area (Å²) in [6.45, 7) is -0.149. The lowest BCUT2D eigenvalue weighted by Crippen LogP contribution is -1.95. The van der Waals surface area contributed by atoms with Gasteiger partial charge in [-0.3, -0.25) is 10.1 Å². The number of benzene rings is 1. The van der Waals surface area contributed by atoms with Crippen molar-refractivity contribution in [1.29, 1.82) is 0 Å². The standard InChI is InChI=1S/C11H15NO4S/c13-5-1-2-6-17-10-3-4-11(12(15)16)9(7-10)8-14/h3-4,7,13-14H,1-2,5-6,8H2. The molecular formula is C11H15NO4S. The average Bonchev–Trinajstić information content (AvgIpc) is 2.34. The molecule has 0 spiro atoms. The number of nitro groups is 1. The van der Waals surface area contributed by atoms with Crippen molar-refractivity contribution in [3.63, 3.8) is 0 Å². The van der Waals surface area contributed by atoms with E-state index >= 15 is 0 Å². The van der Waals surface area contributed by atoms with Crippen molar-refractivity contribution in [3.8, 4) is 0 Å². The molecule has 2 N–H and O–H groups in total. The molecule has 17 heavy (non-hydrogen) atoms. The number of nitrogens with zero attached hydrogens (tertiary/aromatic N) is 1. The van der Waals surface area contributed by atoms with Crippen LogP contribution in [-0.4, -0.2) is 27.5 Å². The highest BCUT2D eigenvalue weighted by molar-refractivity contribution is 7.99. The fourth-order valence-electron chi connectivity index (χ4n) is 1.36. The summed E-state index contributed by atoms with van der Waals surface area (Å²) in [7, 11) is 0. The predicted molar refractivity (Wildman–Crippen MR) is 66.1 cm³/mol. The highest BCUT2D eigenvalue weighted by Gasteiger charge is 2.13. The monoisotopic (exact) mass is 257 g/mol. The van der Waals surface area contributed by atoms with Gasteiger partial charge in [0.2, 0.25) is 0 Å². The number of unbranched alkanes of at least 4 members (excludes halogenated alkanes) is 1. The maximum atomic E-state index is 10.7. The summed E-state index contributed by atoms with van der Waals surface area (Å²) in [6.07, 6.45) is 1.65. The van der Waals surface area contributed by atoms with Gasteiger partial charge in [-0.25, -0.2) is 0 Å². The minimum Gasteiger partial charge on any atom is -0.396 e. The third-order valence-corrected chi connectivity index (χ3v) is 3.32. The van der Waals surface area contributed by atoms with Gasteiger partial charge < -0.3 is 10.2 Å². The Hall–Kier alpha value is -1.11. The molecule has 0 unspecified atom stereocenters. The van der Waals surface area contributed by atoms with E-state index in [1.54, 1.807) is 23.9 Å². The second kappa shape index (κ2) is 7.26. The first kappa shape index (κ1) is 14.0. The van der Waals surface area contributed by atoms with Gasteiger partial charge in [-0.1, -0.05) is 0 Å². The van der Waals surface area contributed by atoms with E-state index in [0.717, 1.165) is 23.5 Å². The summed E-state index contributed by atoms with van der Waals surface area (Å²) in [5, 5.41) is 28.3. The Labute approximate surface area is 104 Å². The smallest absolute Gasteiger partial charge is 0.274 e. The van der Waals surface area contributed by atoms with Gasteiger partial charge in [-0.15, -0.1) is 11.8 Å². The van der Waals surface area contributed by atoms with Crippen molar-refractivity contribution in [2.45, 2.75) is 24.3 Å². The Morgan fingerprint density at radius 2 is 2.06 bits per heavy atom. The molecule has 1 rings (SSSR count). The molecule has 0 saturated heterocycles. The molecule has 0 radical (unpaired) electrons. The Bertz CT molecular complexity index is 384. The van der Waals surface area contributed by atoms with Crippen LogP contribution in [0.3, 0.4) is 0 Å². The minimum absolute atomic E-state index is 0.0489. The summed E-state index contributed by atoms with van der Waals surface area (Å²) in [5.74, 6) is 0.850. The van der Waals surface area contributed by atoms with Crippen LogP contribution in [0.15, 0.2) is 23.1 Å². The molecule has 0 heterocycles. The van der Waals surface area contributed by atoms with E-state index < -0.39 is 4.92 Å². The van der Waals surface area contributed by atoms with E-state index in [1.807, 2.05) is 0 Å². The molecule has 0 bridgehead atoms. The Morgan fingerprint density at radius 1 is 1.29 bits per heavy atom. The second-order valence-electron chi connectivity index (χ2n) is 3.48. The molecule has 6 heteroatoms. The molecular weight excluding hydrogens is 242 g/mol. The number of nitro benzene ring substituents is 1. The zero-order valence-corrected chi connectivity index (χ0v) is 10.2. The van der Waals surface area contributed by atoms with Crippen LogP contribution in [0.5, 0.6) is 0 Å². The van der Waals surface area contributed by atoms with Gasteiger partial charge in [0, 0.05) is 17.6 Å². The fraction of sp³-hybridized carbons (Fsp3) is 0.455. The van der Waals surface area contributed by atoms with Crippen molar-refractivity contribution in [2.24, 2.45) is 0 Å². The van der Waals surface area contributed by atoms with Crippen molar-refractivity contribution in [3.05, 3.63) is 33.9 Å². The van der Waals surface area contributed by atoms with E-state index in [4.69, 9.17) is 10.2 Å². The average molecular weight is 257 g/mol. The normalized spacial score (nSPS) is 10.5. The highest BCUT2D eigenvalue weighted by atomic mass is 32.2. The molecule has 5 nitrogen and oxygen atoms in total. The predicted octanol–water partition coefficient (Wildman–Crippen LogP) is 1.95. The first-order valence-electron chi connectivity index (χ1n) is 5.31. The van der Waals surface area contributed by atoms with Gasteiger partial charge >= 0.3 is 0 Å². The maximum Gasteiger partial charge on any atom is 0.274 e. The molecule has 1 aromatic rings. The maximum absolute atomic E-state index is 10.7. The van der Waals surface area contributed by atoms with Crippen LogP contribution in [0, 0.1) is 10.1 Å². The quantitative estimate of drug-likeness (QED) is 0.337. The number of rotatable bonds is 7. The Balaban J connectivity index is 2.66. The molecule has 94 valence electrons. The Kier molecular flexibility index (Phi) is 5.96. The molecule has 0 aliphatic rings. The van der Waals surface area contributed by atoms with Gasteiger partial charge in [0.1, 0.15) is 0 Å². The van der Waals surface area contributed by atoms with Gasteiger partial charge in [0.25, 0.3) is 5.69 Å². The van der Waals surface area contributed by atoms with Crippen molar-refractivity contribution >= 4 is 17.4 Å². The number of hydrogen-bond acceptors (Lipinski definition) is 5. The Morgan fingerprint density at radius 3 is 2.65 bits per heavy atom. The minimum atomic E-state index is -0.494. The van der Waals surface area contributed by atoms with Crippen molar-refractivity contribution in [1.82, 2.24) is 0 Å². The molecule has 0 aliphatic carbocycles. The molecule has 0 aliphatic heterocycles. The van der Waals surface area contributed by atoms with E-state index in [-0.39, 0.29) is 18.9 Å². The number of aliphatic hydroxyl groups excluding tert-OH is 2. The van der Waals surface area contributed by atoms with E-state index in [2.05, 4.69) is 0 Å². The van der Waals surface area contributed by atoms with Gasteiger partial charge in [0.15, 0.2) is 0 Å². The van der Waals surface area contributed by atoms with Gasteiger partial charge in [-0.2, -0.15) is 0 Å². The van der Waals surface area contributed by atoms with E-state index in [0.29, 0.717) is 5.56 Å². The second-order valence-corrected chi connectivity index (χ2v) is 4.65. The third kappa shape index (κ3) is 4.33. The molecule has 0 saturated carbocycles. The number of aliphatic hydroxyl groups is 2. The van der Waals surface area contributed by atoms with Crippen LogP contribution < -0.4 is 0 Å². The lowest BCUT2D eigenvalue weighted by molar-refractivity contribution is -0.385. The van der Waals surface area contributed by atoms with Crippen molar-refractivity contribution < 1.29 is 15.1 Å². The molecule has 0 aromatic heterocycles. The van der Waals surface area contributed by atoms with Crippen LogP contribution in [0.1, 0.15) is 18.4 Å². The third-order valence-electron chi connectivity index (χ3n) is 2.24. The highest BCUT2D eigenvalue weighted by Crippen LogP contribution is 2.26. The van der Waals surface area contributed by atoms with E-state index in [9.17, 15) is 10.1 Å². The van der Waals surface area contributed by atoms with Crippen LogP contribution >= 0.6 is 11.8 Å². The summed E-state index contributed by atoms with van der Waals surface area (Å²) in [5.41, 5.74) is 0.286. The summed E-state index contributed by atoms with van der Waals surface area (Å²) in [4.78, 5) is 11.1. The zero-order chi connectivity index (χ0) is 12.7. The van der Waals surface area contributed by atoms with Crippen molar-refractivity contribution in [2.75, 3.05) is 12.4 Å². The summed E-state index contributed by atoms with van der Waals surface area (Å²) in [6, 6.07) is 4.74. The first-order valence-corrected chi connectivity index (χ1v) is 6.29. The van der Waals surface area contributed by atoms with Crippen LogP contribution in [0.25, 0.3) is 0 Å². The zero-order valence-electron chi connectivity index (χ0n) is 9.33. The van der Waals surface area contributed by atoms with Crippen LogP contribution in [0.2, 0.25) is 0 Å². The summed E-state index contributed by atoms with van der Waals surface area (Å²) >= 11 is 1.57. The van der Waals surface area contributed by atoms with Crippen LogP contribution in [-0.2, 0) is 6.61 Å². The largest absolute Gasteiger partial charge is 0.396 e. The van der Waals surface area contributed by atoms with E-state index in [1.165, 1.54) is 6.07 Å². The lowest BCUT2D eigenvalue weighted by Gasteiger charge is -2.04. The fourth-order valence-corrected chi connectivity index (χ4v) is 2.33. The van der Waals surface area contributed by atoms with Crippen LogP contribution in [0.4, 0.5) is 5.69 Å². The first-order chi connectivity index (χ1) is 8.19. The SMILES string of the molecule is O=[N+]([O-])c1ccc(SCCCCO)cc1CO. The molecule has 1 aromatic carbocycles. The summed E-state index contributed by atoms with van der Waals surface area (Å²) < 4.78 is 0. The lowest BCUT2D eigenvalue weighted by atomic mass is 10.2. The number of hydrogen-bond donors (Lipinski definition) is 2. The molecule has 0 fully saturated rings. The van der Waals surface area contributed by atoms with Gasteiger partial charge in [-0.05, 0) is 30.7 Å². The molecule has 0 atom stereocenters. The topological polar surface area (TPSA) is 83.6 Å². The number of thioether (sulfide) groups is 1. The van der Waals surface area contributed by atoms with Gasteiger partial charge in [0.05, 0.1) is 17.1 Å². The molecule has 0 amide bonds.